The molecule has 0 saturated carbocycles. The molecule has 0 unspecified atom stereocenters. The van der Waals surface area contributed by atoms with Crippen LogP contribution in [0.25, 0.3) is 0 Å². The van der Waals surface area contributed by atoms with E-state index in [1.54, 1.807) is 0 Å². The van der Waals surface area contributed by atoms with Crippen LogP contribution in [0.2, 0.25) is 0 Å². The number of benzene rings is 1. The van der Waals surface area contributed by atoms with Gasteiger partial charge in [-0.3, -0.25) is 0 Å². The smallest absolute Gasteiger partial charge is 0.338 e. The summed E-state index contributed by atoms with van der Waals surface area (Å²) in [5.41, 5.74) is -0.386. The van der Waals surface area contributed by atoms with Gasteiger partial charge in [0.15, 0.2) is 0 Å². The number of carboxylic acid groups (broad SMARTS) is 1. The summed E-state index contributed by atoms with van der Waals surface area (Å²) in [5.74, 6) is -2.96. The minimum atomic E-state index is -1.41. The van der Waals surface area contributed by atoms with Crippen LogP contribution >= 0.6 is 0 Å². The van der Waals surface area contributed by atoms with Gasteiger partial charge in [-0.25, -0.2) is 14.0 Å². The van der Waals surface area contributed by atoms with Crippen LogP contribution in [0.15, 0.2) is 12.1 Å². The van der Waals surface area contributed by atoms with E-state index in [1.807, 2.05) is 0 Å². The highest BCUT2D eigenvalue weighted by atomic mass is 19.1. The first kappa shape index (κ1) is 11.2. The fraction of sp³-hybridized carbons (Fsp3) is 0.200. The van der Waals surface area contributed by atoms with E-state index in [0.717, 1.165) is 6.07 Å². The van der Waals surface area contributed by atoms with Crippen LogP contribution in [0.3, 0.4) is 0 Å². The Kier molecular flexibility index (Phi) is 3.04. The predicted molar refractivity (Wildman–Crippen MR) is 49.4 cm³/mol. The SMILES string of the molecule is COC(=O)c1ccc(F)c(C(=O)O)c1C. The van der Waals surface area contributed by atoms with Crippen LogP contribution in [0.5, 0.6) is 0 Å². The summed E-state index contributed by atoms with van der Waals surface area (Å²) >= 11 is 0. The van der Waals surface area contributed by atoms with Crippen molar-refractivity contribution in [1.82, 2.24) is 0 Å². The second-order valence-corrected chi connectivity index (χ2v) is 2.89. The van der Waals surface area contributed by atoms with Gasteiger partial charge in [0, 0.05) is 0 Å². The van der Waals surface area contributed by atoms with E-state index in [2.05, 4.69) is 4.74 Å². The molecule has 0 atom stereocenters. The maximum atomic E-state index is 13.1. The van der Waals surface area contributed by atoms with Crippen molar-refractivity contribution in [3.05, 3.63) is 34.6 Å². The van der Waals surface area contributed by atoms with Gasteiger partial charge in [0.25, 0.3) is 0 Å². The van der Waals surface area contributed by atoms with Gasteiger partial charge in [0.05, 0.1) is 18.2 Å². The lowest BCUT2D eigenvalue weighted by Gasteiger charge is -2.07. The quantitative estimate of drug-likeness (QED) is 0.756. The van der Waals surface area contributed by atoms with E-state index in [-0.39, 0.29) is 11.1 Å². The molecule has 0 aliphatic heterocycles. The standard InChI is InChI=1S/C10H9FO4/c1-5-6(10(14)15-2)3-4-7(11)8(5)9(12)13/h3-4H,1-2H3,(H,12,13). The molecule has 0 bridgehead atoms. The Bertz CT molecular complexity index is 426. The van der Waals surface area contributed by atoms with E-state index in [9.17, 15) is 14.0 Å². The molecule has 0 saturated heterocycles. The molecule has 0 heterocycles. The summed E-state index contributed by atoms with van der Waals surface area (Å²) in [5, 5.41) is 8.73. The Morgan fingerprint density at radius 3 is 2.47 bits per heavy atom. The molecule has 0 amide bonds. The topological polar surface area (TPSA) is 63.6 Å². The van der Waals surface area contributed by atoms with E-state index < -0.39 is 23.3 Å². The second-order valence-electron chi connectivity index (χ2n) is 2.89. The molecule has 0 spiro atoms. The molecule has 0 fully saturated rings. The van der Waals surface area contributed by atoms with Gasteiger partial charge in [-0.1, -0.05) is 0 Å². The molecule has 80 valence electrons. The van der Waals surface area contributed by atoms with Crippen molar-refractivity contribution in [1.29, 1.82) is 0 Å². The third kappa shape index (κ3) is 1.96. The fourth-order valence-corrected chi connectivity index (χ4v) is 1.27. The number of esters is 1. The Labute approximate surface area is 85.3 Å². The van der Waals surface area contributed by atoms with Gasteiger partial charge in [0.1, 0.15) is 5.82 Å². The number of ether oxygens (including phenoxy) is 1. The third-order valence-corrected chi connectivity index (χ3v) is 2.03. The predicted octanol–water partition coefficient (Wildman–Crippen LogP) is 1.62. The Balaban J connectivity index is 3.41. The van der Waals surface area contributed by atoms with Gasteiger partial charge in [-0.05, 0) is 24.6 Å². The van der Waals surface area contributed by atoms with Crippen LogP contribution in [0, 0.1) is 12.7 Å². The van der Waals surface area contributed by atoms with Crippen molar-refractivity contribution < 1.29 is 23.8 Å². The summed E-state index contributed by atoms with van der Waals surface area (Å²) in [6.45, 7) is 1.36. The Morgan fingerprint density at radius 2 is 2.00 bits per heavy atom. The van der Waals surface area contributed by atoms with Gasteiger partial charge >= 0.3 is 11.9 Å². The number of hydrogen-bond donors (Lipinski definition) is 1. The number of methoxy groups -OCH3 is 1. The molecule has 4 nitrogen and oxygen atoms in total. The van der Waals surface area contributed by atoms with Gasteiger partial charge in [-0.2, -0.15) is 0 Å². The molecule has 1 aromatic carbocycles. The number of rotatable bonds is 2. The first-order valence-electron chi connectivity index (χ1n) is 4.09. The van der Waals surface area contributed by atoms with E-state index in [4.69, 9.17) is 5.11 Å². The van der Waals surface area contributed by atoms with Crippen LogP contribution in [0.4, 0.5) is 4.39 Å². The lowest BCUT2D eigenvalue weighted by molar-refractivity contribution is 0.0600. The number of halogens is 1. The maximum absolute atomic E-state index is 13.1. The van der Waals surface area contributed by atoms with Crippen molar-refractivity contribution in [2.75, 3.05) is 7.11 Å². The average molecular weight is 212 g/mol. The molecule has 0 aromatic heterocycles. The Hall–Kier alpha value is -1.91. The monoisotopic (exact) mass is 212 g/mol. The number of carbonyl (C=O) groups is 2. The molecule has 1 N–H and O–H groups in total. The third-order valence-electron chi connectivity index (χ3n) is 2.03. The van der Waals surface area contributed by atoms with Crippen LogP contribution < -0.4 is 0 Å². The molecule has 1 aromatic rings. The van der Waals surface area contributed by atoms with Crippen LogP contribution in [-0.2, 0) is 4.74 Å². The second kappa shape index (κ2) is 4.08. The van der Waals surface area contributed by atoms with Crippen molar-refractivity contribution in [2.24, 2.45) is 0 Å². The Morgan fingerprint density at radius 1 is 1.40 bits per heavy atom. The summed E-state index contributed by atoms with van der Waals surface area (Å²) in [7, 11) is 1.17. The molecule has 0 aliphatic rings. The number of carbonyl (C=O) groups excluding carboxylic acids is 1. The van der Waals surface area contributed by atoms with Gasteiger partial charge < -0.3 is 9.84 Å². The highest BCUT2D eigenvalue weighted by Crippen LogP contribution is 2.18. The van der Waals surface area contributed by atoms with E-state index in [1.165, 1.54) is 20.1 Å². The summed E-state index contributed by atoms with van der Waals surface area (Å²) in [6.07, 6.45) is 0. The minimum Gasteiger partial charge on any atom is -0.478 e. The summed E-state index contributed by atoms with van der Waals surface area (Å²) in [4.78, 5) is 21.9. The normalized spacial score (nSPS) is 9.80. The molecule has 1 rings (SSSR count). The zero-order chi connectivity index (χ0) is 11.6. The number of hydrogen-bond acceptors (Lipinski definition) is 3. The number of aromatic carboxylic acids is 1. The van der Waals surface area contributed by atoms with Gasteiger partial charge in [-0.15, -0.1) is 0 Å². The fourth-order valence-electron chi connectivity index (χ4n) is 1.27. The molecular weight excluding hydrogens is 203 g/mol. The van der Waals surface area contributed by atoms with Crippen molar-refractivity contribution >= 4 is 11.9 Å². The van der Waals surface area contributed by atoms with E-state index in [0.29, 0.717) is 0 Å². The highest BCUT2D eigenvalue weighted by Gasteiger charge is 2.19. The van der Waals surface area contributed by atoms with E-state index >= 15 is 0 Å². The van der Waals surface area contributed by atoms with Crippen molar-refractivity contribution in [2.45, 2.75) is 6.92 Å². The lowest BCUT2D eigenvalue weighted by atomic mass is 10.0. The highest BCUT2D eigenvalue weighted by molar-refractivity contribution is 5.97. The zero-order valence-electron chi connectivity index (χ0n) is 8.20. The average Bonchev–Trinajstić information content (AvgIpc) is 2.16. The van der Waals surface area contributed by atoms with Crippen molar-refractivity contribution in [3.8, 4) is 0 Å². The molecular formula is C10H9FO4. The maximum Gasteiger partial charge on any atom is 0.338 e. The molecule has 0 radical (unpaired) electrons. The minimum absolute atomic E-state index is 0.0521. The molecule has 5 heteroatoms. The van der Waals surface area contributed by atoms with Gasteiger partial charge in [0.2, 0.25) is 0 Å². The largest absolute Gasteiger partial charge is 0.478 e. The number of carboxylic acids is 1. The summed E-state index contributed by atoms with van der Waals surface area (Å²) < 4.78 is 17.6. The van der Waals surface area contributed by atoms with Crippen LogP contribution in [0.1, 0.15) is 26.3 Å². The van der Waals surface area contributed by atoms with Crippen LogP contribution in [-0.4, -0.2) is 24.2 Å². The lowest BCUT2D eigenvalue weighted by Crippen LogP contribution is -2.11. The summed E-state index contributed by atoms with van der Waals surface area (Å²) in [6, 6.07) is 2.13. The first-order chi connectivity index (χ1) is 6.99. The zero-order valence-corrected chi connectivity index (χ0v) is 8.20. The molecule has 0 aliphatic carbocycles. The molecule has 15 heavy (non-hydrogen) atoms. The first-order valence-corrected chi connectivity index (χ1v) is 4.09. The van der Waals surface area contributed by atoms with Crippen molar-refractivity contribution in [3.63, 3.8) is 0 Å².